The molecule has 0 saturated heterocycles. The number of carbonyl (C=O) groups excluding carboxylic acids is 1. The minimum absolute atomic E-state index is 0.0347. The van der Waals surface area contributed by atoms with Crippen LogP contribution >= 0.6 is 0 Å². The standard InChI is InChI=1S/C21H18F3N5O4S/c1-34(31,32)33-15-4-2-3-12(7-15)10-25-19-16(21(22,23)24)11-26-20(29-19)27-14-5-6-17-13(8-14)9-18(30)28-17/h2-8,11H,9-10H2,1H3,(H,28,30)(H2,25,26,27,29). The van der Waals surface area contributed by atoms with E-state index in [1.807, 2.05) is 0 Å². The maximum Gasteiger partial charge on any atom is 0.421 e. The van der Waals surface area contributed by atoms with E-state index < -0.39 is 27.7 Å². The number of halogens is 3. The molecule has 0 saturated carbocycles. The summed E-state index contributed by atoms with van der Waals surface area (Å²) in [4.78, 5) is 19.3. The number of nitrogens with zero attached hydrogens (tertiary/aromatic N) is 2. The molecule has 4 rings (SSSR count). The smallest absolute Gasteiger partial charge is 0.383 e. The summed E-state index contributed by atoms with van der Waals surface area (Å²) >= 11 is 0. The van der Waals surface area contributed by atoms with Gasteiger partial charge in [-0.15, -0.1) is 0 Å². The molecule has 1 amide bonds. The molecule has 3 aromatic rings. The highest BCUT2D eigenvalue weighted by Crippen LogP contribution is 2.35. The number of amides is 1. The third-order valence-electron chi connectivity index (χ3n) is 4.69. The van der Waals surface area contributed by atoms with Crippen LogP contribution in [-0.2, 0) is 34.1 Å². The predicted molar refractivity (Wildman–Crippen MR) is 118 cm³/mol. The average Bonchev–Trinajstić information content (AvgIpc) is 3.10. The Hall–Kier alpha value is -3.87. The molecule has 13 heteroatoms. The zero-order valence-electron chi connectivity index (χ0n) is 17.6. The Labute approximate surface area is 192 Å². The zero-order chi connectivity index (χ0) is 24.5. The van der Waals surface area contributed by atoms with Gasteiger partial charge in [-0.1, -0.05) is 12.1 Å². The molecule has 3 N–H and O–H groups in total. The van der Waals surface area contributed by atoms with Crippen LogP contribution in [0.3, 0.4) is 0 Å². The molecule has 1 aliphatic heterocycles. The largest absolute Gasteiger partial charge is 0.421 e. The van der Waals surface area contributed by atoms with E-state index in [2.05, 4.69) is 25.9 Å². The number of carbonyl (C=O) groups is 1. The maximum absolute atomic E-state index is 13.5. The quantitative estimate of drug-likeness (QED) is 0.426. The molecule has 2 heterocycles. The third-order valence-corrected chi connectivity index (χ3v) is 5.18. The lowest BCUT2D eigenvalue weighted by Crippen LogP contribution is -2.14. The van der Waals surface area contributed by atoms with Crippen LogP contribution in [0.25, 0.3) is 0 Å². The molecule has 1 aromatic heterocycles. The number of hydrogen-bond acceptors (Lipinski definition) is 8. The molecule has 0 fully saturated rings. The van der Waals surface area contributed by atoms with Crippen LogP contribution in [0.4, 0.5) is 36.3 Å². The normalized spacial score (nSPS) is 13.2. The SMILES string of the molecule is CS(=O)(=O)Oc1cccc(CNc2nc(Nc3ccc4c(c3)CC(=O)N4)ncc2C(F)(F)F)c1. The number of hydrogen-bond donors (Lipinski definition) is 3. The van der Waals surface area contributed by atoms with Crippen LogP contribution in [0.2, 0.25) is 0 Å². The van der Waals surface area contributed by atoms with E-state index in [9.17, 15) is 26.4 Å². The summed E-state index contributed by atoms with van der Waals surface area (Å²) in [5, 5.41) is 8.17. The van der Waals surface area contributed by atoms with Crippen molar-refractivity contribution in [1.82, 2.24) is 9.97 Å². The zero-order valence-corrected chi connectivity index (χ0v) is 18.4. The number of rotatable bonds is 7. The van der Waals surface area contributed by atoms with Crippen LogP contribution in [0, 0.1) is 0 Å². The van der Waals surface area contributed by atoms with E-state index in [4.69, 9.17) is 4.18 Å². The molecule has 9 nitrogen and oxygen atoms in total. The van der Waals surface area contributed by atoms with Gasteiger partial charge in [0.1, 0.15) is 17.1 Å². The van der Waals surface area contributed by atoms with Crippen LogP contribution in [0.5, 0.6) is 5.75 Å². The molecule has 178 valence electrons. The van der Waals surface area contributed by atoms with E-state index in [-0.39, 0.29) is 30.6 Å². The first-order valence-electron chi connectivity index (χ1n) is 9.82. The second-order valence-electron chi connectivity index (χ2n) is 7.46. The van der Waals surface area contributed by atoms with Crippen LogP contribution in [0.1, 0.15) is 16.7 Å². The van der Waals surface area contributed by atoms with Crippen molar-refractivity contribution in [3.05, 3.63) is 65.4 Å². The Balaban J connectivity index is 1.55. The van der Waals surface area contributed by atoms with E-state index in [0.717, 1.165) is 11.8 Å². The van der Waals surface area contributed by atoms with E-state index in [1.54, 1.807) is 24.3 Å². The highest BCUT2D eigenvalue weighted by molar-refractivity contribution is 7.86. The Kier molecular flexibility index (Phi) is 6.04. The molecular weight excluding hydrogens is 475 g/mol. The molecule has 0 bridgehead atoms. The van der Waals surface area contributed by atoms with Crippen molar-refractivity contribution in [2.45, 2.75) is 19.1 Å². The number of nitrogens with one attached hydrogen (secondary N) is 3. The topological polar surface area (TPSA) is 122 Å². The maximum atomic E-state index is 13.5. The number of benzene rings is 2. The first-order valence-corrected chi connectivity index (χ1v) is 11.6. The fraction of sp³-hybridized carbons (Fsp3) is 0.190. The average molecular weight is 493 g/mol. The Bertz CT molecular complexity index is 1360. The van der Waals surface area contributed by atoms with Gasteiger partial charge in [-0.25, -0.2) is 4.98 Å². The van der Waals surface area contributed by atoms with Gasteiger partial charge in [-0.05, 0) is 41.5 Å². The fourth-order valence-electron chi connectivity index (χ4n) is 3.29. The van der Waals surface area contributed by atoms with Gasteiger partial charge in [0.15, 0.2) is 0 Å². The van der Waals surface area contributed by atoms with Crippen LogP contribution in [0.15, 0.2) is 48.7 Å². The highest BCUT2D eigenvalue weighted by atomic mass is 32.2. The lowest BCUT2D eigenvalue weighted by molar-refractivity contribution is -0.137. The molecule has 2 aromatic carbocycles. The van der Waals surface area contributed by atoms with Gasteiger partial charge in [0.05, 0.1) is 12.7 Å². The van der Waals surface area contributed by atoms with Gasteiger partial charge < -0.3 is 20.1 Å². The van der Waals surface area contributed by atoms with Gasteiger partial charge >= 0.3 is 16.3 Å². The summed E-state index contributed by atoms with van der Waals surface area (Å²) in [7, 11) is -3.75. The molecule has 0 atom stereocenters. The Morgan fingerprint density at radius 3 is 2.71 bits per heavy atom. The molecule has 0 unspecified atom stereocenters. The van der Waals surface area contributed by atoms with Gasteiger partial charge in [-0.3, -0.25) is 4.79 Å². The second kappa shape index (κ2) is 8.82. The summed E-state index contributed by atoms with van der Waals surface area (Å²) in [6, 6.07) is 10.9. The number of anilines is 4. The molecule has 0 aliphatic carbocycles. The first kappa shape index (κ1) is 23.3. The van der Waals surface area contributed by atoms with Crippen molar-refractivity contribution < 1.29 is 30.6 Å². The summed E-state index contributed by atoms with van der Waals surface area (Å²) in [5.41, 5.74) is 1.33. The predicted octanol–water partition coefficient (Wildman–Crippen LogP) is 3.68. The Morgan fingerprint density at radius 2 is 1.97 bits per heavy atom. The van der Waals surface area contributed by atoms with E-state index in [1.165, 1.54) is 18.2 Å². The molecular formula is C21H18F3N5O4S. The number of fused-ring (bicyclic) bond motifs is 1. The molecule has 34 heavy (non-hydrogen) atoms. The number of aromatic nitrogens is 2. The Morgan fingerprint density at radius 1 is 1.18 bits per heavy atom. The minimum Gasteiger partial charge on any atom is -0.383 e. The minimum atomic E-state index is -4.71. The fourth-order valence-corrected chi connectivity index (χ4v) is 3.74. The van der Waals surface area contributed by atoms with Crippen LogP contribution < -0.4 is 20.1 Å². The van der Waals surface area contributed by atoms with E-state index >= 15 is 0 Å². The summed E-state index contributed by atoms with van der Waals surface area (Å²) in [6.45, 7) is -0.0902. The van der Waals surface area contributed by atoms with Crippen molar-refractivity contribution in [1.29, 1.82) is 0 Å². The van der Waals surface area contributed by atoms with Crippen molar-refractivity contribution in [3.8, 4) is 5.75 Å². The molecule has 1 aliphatic rings. The third kappa shape index (κ3) is 5.73. The van der Waals surface area contributed by atoms with Crippen molar-refractivity contribution in [2.24, 2.45) is 0 Å². The van der Waals surface area contributed by atoms with Gasteiger partial charge in [-0.2, -0.15) is 26.6 Å². The summed E-state index contributed by atoms with van der Waals surface area (Å²) in [6.07, 6.45) is -2.95. The molecule has 0 spiro atoms. The van der Waals surface area contributed by atoms with Gasteiger partial charge in [0, 0.05) is 24.1 Å². The second-order valence-corrected chi connectivity index (χ2v) is 9.04. The number of alkyl halides is 3. The highest BCUT2D eigenvalue weighted by Gasteiger charge is 2.35. The lowest BCUT2D eigenvalue weighted by atomic mass is 10.1. The van der Waals surface area contributed by atoms with E-state index in [0.29, 0.717) is 23.1 Å². The lowest BCUT2D eigenvalue weighted by Gasteiger charge is -2.15. The van der Waals surface area contributed by atoms with Gasteiger partial charge in [0.2, 0.25) is 11.9 Å². The van der Waals surface area contributed by atoms with Crippen molar-refractivity contribution in [3.63, 3.8) is 0 Å². The van der Waals surface area contributed by atoms with Gasteiger partial charge in [0.25, 0.3) is 0 Å². The molecule has 0 radical (unpaired) electrons. The summed E-state index contributed by atoms with van der Waals surface area (Å²) in [5.74, 6) is -0.651. The van der Waals surface area contributed by atoms with Crippen molar-refractivity contribution >= 4 is 39.2 Å². The first-order chi connectivity index (χ1) is 16.0. The monoisotopic (exact) mass is 493 g/mol. The summed E-state index contributed by atoms with van der Waals surface area (Å²) < 4.78 is 67.9. The van der Waals surface area contributed by atoms with Crippen molar-refractivity contribution in [2.75, 3.05) is 22.2 Å². The van der Waals surface area contributed by atoms with Crippen LogP contribution in [-0.4, -0.2) is 30.5 Å².